The highest BCUT2D eigenvalue weighted by atomic mass is 16.2. The van der Waals surface area contributed by atoms with Gasteiger partial charge in [-0.2, -0.15) is 0 Å². The molecule has 0 saturated carbocycles. The van der Waals surface area contributed by atoms with Gasteiger partial charge in [-0.05, 0) is 0 Å². The van der Waals surface area contributed by atoms with Crippen molar-refractivity contribution in [3.05, 3.63) is 12.4 Å². The Morgan fingerprint density at radius 2 is 2.07 bits per heavy atom. The summed E-state index contributed by atoms with van der Waals surface area (Å²) in [6, 6.07) is 0. The van der Waals surface area contributed by atoms with Crippen LogP contribution in [0.2, 0.25) is 0 Å². The van der Waals surface area contributed by atoms with Crippen LogP contribution in [0.25, 0.3) is 0 Å². The largest absolute Gasteiger partial charge is 0.396 e. The van der Waals surface area contributed by atoms with Gasteiger partial charge in [-0.15, -0.1) is 0 Å². The molecule has 1 amide bonds. The van der Waals surface area contributed by atoms with Crippen LogP contribution >= 0.6 is 0 Å². The number of carbonyl (C=O) groups excluding carboxylic acids is 1. The average Bonchev–Trinajstić information content (AvgIpc) is 2.20. The maximum absolute atomic E-state index is 11.2. The summed E-state index contributed by atoms with van der Waals surface area (Å²) in [5, 5.41) is 2.93. The lowest BCUT2D eigenvalue weighted by molar-refractivity contribution is -0.128. The van der Waals surface area contributed by atoms with Crippen molar-refractivity contribution in [3.63, 3.8) is 0 Å². The van der Waals surface area contributed by atoms with Gasteiger partial charge in [0, 0.05) is 27.1 Å². The van der Waals surface area contributed by atoms with E-state index in [0.717, 1.165) is 0 Å². The predicted octanol–water partition coefficient (Wildman–Crippen LogP) is -0.0510. The smallest absolute Gasteiger partial charge is 0.223 e. The molecule has 1 heterocycles. The van der Waals surface area contributed by atoms with Gasteiger partial charge in [-0.25, -0.2) is 9.97 Å². The van der Waals surface area contributed by atoms with Crippen molar-refractivity contribution in [2.24, 2.45) is 0 Å². The molecule has 0 aliphatic carbocycles. The quantitative estimate of drug-likeness (QED) is 0.726. The summed E-state index contributed by atoms with van der Waals surface area (Å²) in [4.78, 5) is 20.7. The molecule has 1 rings (SSSR count). The van der Waals surface area contributed by atoms with E-state index in [1.165, 1.54) is 12.4 Å². The third-order valence-electron chi connectivity index (χ3n) is 1.79. The van der Waals surface area contributed by atoms with Crippen LogP contribution in [0, 0.1) is 0 Å². The molecule has 3 N–H and O–H groups in total. The maximum atomic E-state index is 11.2. The molecule has 0 aromatic carbocycles. The molecule has 15 heavy (non-hydrogen) atoms. The second-order valence-corrected chi connectivity index (χ2v) is 3.30. The van der Waals surface area contributed by atoms with Gasteiger partial charge in [0.05, 0.1) is 18.1 Å². The number of hydrogen-bond acceptors (Lipinski definition) is 5. The van der Waals surface area contributed by atoms with Gasteiger partial charge in [-0.1, -0.05) is 0 Å². The number of anilines is 2. The van der Waals surface area contributed by atoms with Crippen LogP contribution in [0.1, 0.15) is 6.42 Å². The Morgan fingerprint density at radius 3 is 2.60 bits per heavy atom. The first-order valence-corrected chi connectivity index (χ1v) is 4.61. The zero-order chi connectivity index (χ0) is 11.3. The first-order valence-electron chi connectivity index (χ1n) is 4.61. The highest BCUT2D eigenvalue weighted by Crippen LogP contribution is 2.00. The number of amides is 1. The number of nitrogens with one attached hydrogen (secondary N) is 1. The molecule has 0 saturated heterocycles. The van der Waals surface area contributed by atoms with Crippen LogP contribution < -0.4 is 11.1 Å². The fraction of sp³-hybridized carbons (Fsp3) is 0.444. The fourth-order valence-corrected chi connectivity index (χ4v) is 0.934. The van der Waals surface area contributed by atoms with E-state index in [4.69, 9.17) is 5.73 Å². The molecule has 6 nitrogen and oxygen atoms in total. The molecular weight excluding hydrogens is 194 g/mol. The van der Waals surface area contributed by atoms with Crippen molar-refractivity contribution in [2.45, 2.75) is 6.42 Å². The molecule has 0 spiro atoms. The summed E-state index contributed by atoms with van der Waals surface area (Å²) in [7, 11) is 3.45. The zero-order valence-corrected chi connectivity index (χ0v) is 8.90. The Kier molecular flexibility index (Phi) is 3.84. The second kappa shape index (κ2) is 5.14. The SMILES string of the molecule is CN(C)C(=O)CCNc1ncc(N)cn1. The van der Waals surface area contributed by atoms with Crippen molar-refractivity contribution < 1.29 is 4.79 Å². The van der Waals surface area contributed by atoms with Crippen LogP contribution in [0.3, 0.4) is 0 Å². The van der Waals surface area contributed by atoms with E-state index in [9.17, 15) is 4.79 Å². The van der Waals surface area contributed by atoms with E-state index >= 15 is 0 Å². The van der Waals surface area contributed by atoms with E-state index in [2.05, 4.69) is 15.3 Å². The molecule has 0 bridgehead atoms. The maximum Gasteiger partial charge on any atom is 0.223 e. The Bertz CT molecular complexity index is 322. The Balaban J connectivity index is 2.32. The Morgan fingerprint density at radius 1 is 1.47 bits per heavy atom. The molecule has 0 unspecified atom stereocenters. The summed E-state index contributed by atoms with van der Waals surface area (Å²) < 4.78 is 0. The van der Waals surface area contributed by atoms with Crippen molar-refractivity contribution in [2.75, 3.05) is 31.7 Å². The second-order valence-electron chi connectivity index (χ2n) is 3.30. The third-order valence-corrected chi connectivity index (χ3v) is 1.79. The first-order chi connectivity index (χ1) is 7.09. The highest BCUT2D eigenvalue weighted by molar-refractivity contribution is 5.75. The Hall–Kier alpha value is -1.85. The minimum Gasteiger partial charge on any atom is -0.396 e. The summed E-state index contributed by atoms with van der Waals surface area (Å²) in [5.74, 6) is 0.550. The van der Waals surface area contributed by atoms with Gasteiger partial charge in [0.25, 0.3) is 0 Å². The lowest BCUT2D eigenvalue weighted by Gasteiger charge is -2.10. The summed E-state index contributed by atoms with van der Waals surface area (Å²) in [6.45, 7) is 0.515. The van der Waals surface area contributed by atoms with Gasteiger partial charge in [0.2, 0.25) is 11.9 Å². The molecule has 1 aromatic rings. The first kappa shape index (κ1) is 11.2. The summed E-state index contributed by atoms with van der Waals surface area (Å²) in [6.07, 6.45) is 3.45. The summed E-state index contributed by atoms with van der Waals surface area (Å²) >= 11 is 0. The van der Waals surface area contributed by atoms with E-state index in [-0.39, 0.29) is 5.91 Å². The molecule has 6 heteroatoms. The molecular formula is C9H15N5O. The topological polar surface area (TPSA) is 84.1 Å². The van der Waals surface area contributed by atoms with Crippen LogP contribution in [-0.2, 0) is 4.79 Å². The Labute approximate surface area is 88.5 Å². The van der Waals surface area contributed by atoms with E-state index in [1.54, 1.807) is 19.0 Å². The number of aromatic nitrogens is 2. The minimum atomic E-state index is 0.0675. The number of hydrogen-bond donors (Lipinski definition) is 2. The van der Waals surface area contributed by atoms with Gasteiger partial charge >= 0.3 is 0 Å². The van der Waals surface area contributed by atoms with E-state index in [0.29, 0.717) is 24.6 Å². The number of nitrogen functional groups attached to an aromatic ring is 1. The average molecular weight is 209 g/mol. The molecule has 82 valence electrons. The minimum absolute atomic E-state index is 0.0675. The number of nitrogens with zero attached hydrogens (tertiary/aromatic N) is 3. The molecule has 0 fully saturated rings. The van der Waals surface area contributed by atoms with Gasteiger partial charge in [0.15, 0.2) is 0 Å². The van der Waals surface area contributed by atoms with Crippen molar-refractivity contribution in [3.8, 4) is 0 Å². The van der Waals surface area contributed by atoms with Gasteiger partial charge in [-0.3, -0.25) is 4.79 Å². The van der Waals surface area contributed by atoms with Gasteiger partial charge in [0.1, 0.15) is 0 Å². The zero-order valence-electron chi connectivity index (χ0n) is 8.90. The third kappa shape index (κ3) is 3.80. The van der Waals surface area contributed by atoms with Crippen LogP contribution in [0.4, 0.5) is 11.6 Å². The molecule has 0 aliphatic rings. The predicted molar refractivity (Wildman–Crippen MR) is 58.2 cm³/mol. The monoisotopic (exact) mass is 209 g/mol. The van der Waals surface area contributed by atoms with E-state index in [1.807, 2.05) is 0 Å². The number of nitrogens with two attached hydrogens (primary N) is 1. The van der Waals surface area contributed by atoms with Crippen LogP contribution in [0.15, 0.2) is 12.4 Å². The highest BCUT2D eigenvalue weighted by Gasteiger charge is 2.03. The normalized spacial score (nSPS) is 9.73. The van der Waals surface area contributed by atoms with Crippen molar-refractivity contribution in [1.29, 1.82) is 0 Å². The van der Waals surface area contributed by atoms with Crippen LogP contribution in [0.5, 0.6) is 0 Å². The standard InChI is InChI=1S/C9H15N5O/c1-14(2)8(15)3-4-11-9-12-5-7(10)6-13-9/h5-6H,3-4,10H2,1-2H3,(H,11,12,13). The van der Waals surface area contributed by atoms with Gasteiger partial charge < -0.3 is 16.0 Å². The summed E-state index contributed by atoms with van der Waals surface area (Å²) in [5.41, 5.74) is 5.95. The lowest BCUT2D eigenvalue weighted by Crippen LogP contribution is -2.24. The molecule has 0 aliphatic heterocycles. The fourth-order valence-electron chi connectivity index (χ4n) is 0.934. The lowest BCUT2D eigenvalue weighted by atomic mass is 10.4. The number of rotatable bonds is 4. The van der Waals surface area contributed by atoms with E-state index < -0.39 is 0 Å². The van der Waals surface area contributed by atoms with Crippen LogP contribution in [-0.4, -0.2) is 41.4 Å². The molecule has 0 radical (unpaired) electrons. The van der Waals surface area contributed by atoms with Crippen molar-refractivity contribution in [1.82, 2.24) is 14.9 Å². The van der Waals surface area contributed by atoms with Crippen molar-refractivity contribution >= 4 is 17.5 Å². The number of carbonyl (C=O) groups is 1. The molecule has 1 aromatic heterocycles. The molecule has 0 atom stereocenters.